The van der Waals surface area contributed by atoms with E-state index in [4.69, 9.17) is 4.52 Å². The molecule has 8 heteroatoms. The van der Waals surface area contributed by atoms with Crippen LogP contribution in [-0.4, -0.2) is 34.6 Å². The van der Waals surface area contributed by atoms with E-state index >= 15 is 0 Å². The van der Waals surface area contributed by atoms with E-state index in [1.165, 1.54) is 24.7 Å². The summed E-state index contributed by atoms with van der Waals surface area (Å²) in [5.74, 6) is 0.156. The number of carbonyl (C=O) groups excluding carboxylic acids is 1. The summed E-state index contributed by atoms with van der Waals surface area (Å²) in [5, 5.41) is 10.1. The van der Waals surface area contributed by atoms with Gasteiger partial charge in [0.1, 0.15) is 18.0 Å². The van der Waals surface area contributed by atoms with Crippen LogP contribution in [0, 0.1) is 5.82 Å². The van der Waals surface area contributed by atoms with E-state index in [1.54, 1.807) is 19.2 Å². The molecule has 2 aromatic heterocycles. The van der Waals surface area contributed by atoms with E-state index in [0.717, 1.165) is 27.8 Å². The van der Waals surface area contributed by atoms with Crippen LogP contribution in [0.1, 0.15) is 16.1 Å². The van der Waals surface area contributed by atoms with Crippen molar-refractivity contribution in [1.82, 2.24) is 20.4 Å². The normalized spacial score (nSPS) is 10.8. The maximum atomic E-state index is 14.3. The fraction of sp³-hybridized carbons (Fsp3) is 0.143. The first kappa shape index (κ1) is 18.5. The Kier molecular flexibility index (Phi) is 5.15. The lowest BCUT2D eigenvalue weighted by Crippen LogP contribution is -2.25. The molecule has 4 rings (SSSR count). The highest BCUT2D eigenvalue weighted by molar-refractivity contribution is 5.92. The van der Waals surface area contributed by atoms with Crippen LogP contribution < -0.4 is 10.6 Å². The number of carbonyl (C=O) groups is 1. The molecule has 4 aromatic rings. The number of fused-ring (bicyclic) bond motifs is 1. The second-order valence-corrected chi connectivity index (χ2v) is 6.39. The smallest absolute Gasteiger partial charge is 0.289 e. The SMILES string of the molecule is CNc1ncnc2ccc(-c3ccc(F)c(CCNC(=O)c4ccno4)c3)cc12. The molecule has 0 saturated carbocycles. The quantitative estimate of drug-likeness (QED) is 0.523. The number of hydrogen-bond donors (Lipinski definition) is 2. The number of benzene rings is 2. The molecule has 0 radical (unpaired) electrons. The maximum absolute atomic E-state index is 14.3. The summed E-state index contributed by atoms with van der Waals surface area (Å²) in [4.78, 5) is 20.4. The first-order valence-electron chi connectivity index (χ1n) is 9.06. The highest BCUT2D eigenvalue weighted by atomic mass is 19.1. The molecule has 0 bridgehead atoms. The zero-order valence-corrected chi connectivity index (χ0v) is 15.6. The second kappa shape index (κ2) is 8.05. The average molecular weight is 391 g/mol. The topological polar surface area (TPSA) is 92.9 Å². The van der Waals surface area contributed by atoms with Crippen LogP contribution >= 0.6 is 0 Å². The van der Waals surface area contributed by atoms with Crippen molar-refractivity contribution in [2.45, 2.75) is 6.42 Å². The van der Waals surface area contributed by atoms with Crippen LogP contribution in [0.25, 0.3) is 22.0 Å². The lowest BCUT2D eigenvalue weighted by atomic mass is 10.00. The zero-order valence-electron chi connectivity index (χ0n) is 15.6. The molecule has 2 N–H and O–H groups in total. The second-order valence-electron chi connectivity index (χ2n) is 6.39. The number of rotatable bonds is 6. The minimum absolute atomic E-state index is 0.123. The van der Waals surface area contributed by atoms with Gasteiger partial charge in [0, 0.05) is 25.0 Å². The molecular weight excluding hydrogens is 373 g/mol. The van der Waals surface area contributed by atoms with Gasteiger partial charge in [0.25, 0.3) is 5.91 Å². The van der Waals surface area contributed by atoms with E-state index in [9.17, 15) is 9.18 Å². The Morgan fingerprint density at radius 1 is 1.10 bits per heavy atom. The van der Waals surface area contributed by atoms with Crippen molar-refractivity contribution in [3.63, 3.8) is 0 Å². The standard InChI is InChI=1S/C21H18FN5O2/c1-23-20-16-11-14(3-5-18(16)25-12-26-20)13-2-4-17(22)15(10-13)6-8-24-21(28)19-7-9-27-29-19/h2-5,7,9-12H,6,8H2,1H3,(H,24,28)(H,23,25,26). The number of anilines is 1. The molecule has 1 amide bonds. The number of aromatic nitrogens is 3. The largest absolute Gasteiger partial charge is 0.373 e. The summed E-state index contributed by atoms with van der Waals surface area (Å²) in [6.45, 7) is 0.273. The van der Waals surface area contributed by atoms with Crippen molar-refractivity contribution in [1.29, 1.82) is 0 Å². The lowest BCUT2D eigenvalue weighted by molar-refractivity contribution is 0.0917. The summed E-state index contributed by atoms with van der Waals surface area (Å²) >= 11 is 0. The van der Waals surface area contributed by atoms with Gasteiger partial charge in [-0.2, -0.15) is 0 Å². The predicted octanol–water partition coefficient (Wildman–Crippen LogP) is 3.44. The minimum Gasteiger partial charge on any atom is -0.373 e. The molecule has 29 heavy (non-hydrogen) atoms. The molecular formula is C21H18FN5O2. The minimum atomic E-state index is -0.381. The van der Waals surface area contributed by atoms with E-state index < -0.39 is 0 Å². The third kappa shape index (κ3) is 3.91. The number of amides is 1. The Morgan fingerprint density at radius 3 is 2.72 bits per heavy atom. The Hall–Kier alpha value is -3.81. The van der Waals surface area contributed by atoms with E-state index in [-0.39, 0.29) is 24.0 Å². The summed E-state index contributed by atoms with van der Waals surface area (Å²) in [6.07, 6.45) is 3.25. The molecule has 146 valence electrons. The van der Waals surface area contributed by atoms with E-state index in [2.05, 4.69) is 25.8 Å². The Bertz CT molecular complexity index is 1160. The highest BCUT2D eigenvalue weighted by Gasteiger charge is 2.11. The summed E-state index contributed by atoms with van der Waals surface area (Å²) in [6, 6.07) is 12.3. The monoisotopic (exact) mass is 391 g/mol. The third-order valence-corrected chi connectivity index (χ3v) is 4.59. The Balaban J connectivity index is 1.55. The number of halogens is 1. The molecule has 0 aliphatic rings. The van der Waals surface area contributed by atoms with Crippen molar-refractivity contribution in [2.75, 3.05) is 18.9 Å². The Labute approximate surface area is 166 Å². The van der Waals surface area contributed by atoms with Crippen molar-refractivity contribution in [3.8, 4) is 11.1 Å². The van der Waals surface area contributed by atoms with Crippen molar-refractivity contribution in [2.24, 2.45) is 0 Å². The van der Waals surface area contributed by atoms with E-state index in [1.807, 2.05) is 18.2 Å². The average Bonchev–Trinajstić information content (AvgIpc) is 3.29. The van der Waals surface area contributed by atoms with Crippen LogP contribution in [0.4, 0.5) is 10.2 Å². The van der Waals surface area contributed by atoms with Crippen LogP contribution in [0.2, 0.25) is 0 Å². The lowest BCUT2D eigenvalue weighted by Gasteiger charge is -2.10. The van der Waals surface area contributed by atoms with Gasteiger partial charge < -0.3 is 15.2 Å². The first-order valence-corrected chi connectivity index (χ1v) is 9.06. The van der Waals surface area contributed by atoms with Crippen molar-refractivity contribution < 1.29 is 13.7 Å². The molecule has 0 saturated heterocycles. The summed E-state index contributed by atoms with van der Waals surface area (Å²) in [5.41, 5.74) is 3.13. The van der Waals surface area contributed by atoms with Crippen molar-refractivity contribution in [3.05, 3.63) is 72.1 Å². The predicted molar refractivity (Wildman–Crippen MR) is 107 cm³/mol. The van der Waals surface area contributed by atoms with Crippen LogP contribution in [0.5, 0.6) is 0 Å². The fourth-order valence-electron chi connectivity index (χ4n) is 3.11. The van der Waals surface area contributed by atoms with Gasteiger partial charge in [0.15, 0.2) is 0 Å². The van der Waals surface area contributed by atoms with Gasteiger partial charge in [0.2, 0.25) is 5.76 Å². The van der Waals surface area contributed by atoms with Gasteiger partial charge in [-0.25, -0.2) is 14.4 Å². The Morgan fingerprint density at radius 2 is 1.93 bits per heavy atom. The van der Waals surface area contributed by atoms with Crippen molar-refractivity contribution >= 4 is 22.6 Å². The van der Waals surface area contributed by atoms with Crippen LogP contribution in [0.3, 0.4) is 0 Å². The van der Waals surface area contributed by atoms with Gasteiger partial charge in [-0.1, -0.05) is 17.3 Å². The van der Waals surface area contributed by atoms with Gasteiger partial charge >= 0.3 is 0 Å². The molecule has 2 heterocycles. The van der Waals surface area contributed by atoms with Crippen LogP contribution in [-0.2, 0) is 6.42 Å². The molecule has 0 atom stereocenters. The first-order chi connectivity index (χ1) is 14.2. The zero-order chi connectivity index (χ0) is 20.2. The van der Waals surface area contributed by atoms with Crippen LogP contribution in [0.15, 0.2) is 59.5 Å². The molecule has 0 unspecified atom stereocenters. The molecule has 0 aliphatic carbocycles. The third-order valence-electron chi connectivity index (χ3n) is 4.59. The van der Waals surface area contributed by atoms with Gasteiger partial charge in [-0.05, 0) is 47.4 Å². The summed E-state index contributed by atoms with van der Waals surface area (Å²) in [7, 11) is 1.80. The fourth-order valence-corrected chi connectivity index (χ4v) is 3.11. The highest BCUT2D eigenvalue weighted by Crippen LogP contribution is 2.28. The number of hydrogen-bond acceptors (Lipinski definition) is 6. The number of nitrogens with zero attached hydrogens (tertiary/aromatic N) is 3. The molecule has 0 aliphatic heterocycles. The van der Waals surface area contributed by atoms with E-state index in [0.29, 0.717) is 12.0 Å². The molecule has 2 aromatic carbocycles. The summed E-state index contributed by atoms with van der Waals surface area (Å²) < 4.78 is 19.1. The van der Waals surface area contributed by atoms with Gasteiger partial charge in [0.05, 0.1) is 11.7 Å². The molecule has 0 spiro atoms. The molecule has 0 fully saturated rings. The maximum Gasteiger partial charge on any atom is 0.289 e. The van der Waals surface area contributed by atoms with Gasteiger partial charge in [-0.3, -0.25) is 4.79 Å². The number of nitrogens with one attached hydrogen (secondary N) is 2. The molecule has 7 nitrogen and oxygen atoms in total. The van der Waals surface area contributed by atoms with Gasteiger partial charge in [-0.15, -0.1) is 0 Å².